The van der Waals surface area contributed by atoms with Crippen LogP contribution in [-0.2, 0) is 4.74 Å². The van der Waals surface area contributed by atoms with Gasteiger partial charge in [0, 0.05) is 5.56 Å². The summed E-state index contributed by atoms with van der Waals surface area (Å²) < 4.78 is 10.4. The zero-order valence-electron chi connectivity index (χ0n) is 13.6. The lowest BCUT2D eigenvalue weighted by Gasteiger charge is -2.09. The quantitative estimate of drug-likeness (QED) is 0.602. The number of ether oxygens (including phenoxy) is 2. The highest BCUT2D eigenvalue weighted by Gasteiger charge is 2.11. The molecule has 0 amide bonds. The summed E-state index contributed by atoms with van der Waals surface area (Å²) in [6.07, 6.45) is 0. The van der Waals surface area contributed by atoms with E-state index in [-0.39, 0.29) is 18.4 Å². The summed E-state index contributed by atoms with van der Waals surface area (Å²) >= 11 is 0. The number of benzene rings is 2. The van der Waals surface area contributed by atoms with Gasteiger partial charge in [0.2, 0.25) is 0 Å². The lowest BCUT2D eigenvalue weighted by atomic mass is 10.0. The van der Waals surface area contributed by atoms with Gasteiger partial charge in [-0.2, -0.15) is 0 Å². The highest BCUT2D eigenvalue weighted by Crippen LogP contribution is 2.15. The Hall–Kier alpha value is -2.62. The van der Waals surface area contributed by atoms with Crippen molar-refractivity contribution in [2.75, 3.05) is 13.2 Å². The number of carbonyl (C=O) groups excluding carboxylic acids is 2. The van der Waals surface area contributed by atoms with Crippen LogP contribution in [0.4, 0.5) is 0 Å². The predicted octanol–water partition coefficient (Wildman–Crippen LogP) is 3.74. The van der Waals surface area contributed by atoms with Gasteiger partial charge < -0.3 is 9.47 Å². The van der Waals surface area contributed by atoms with E-state index in [0.29, 0.717) is 23.5 Å². The van der Waals surface area contributed by atoms with Crippen LogP contribution in [0.2, 0.25) is 0 Å². The van der Waals surface area contributed by atoms with E-state index >= 15 is 0 Å². The average Bonchev–Trinajstić information content (AvgIpc) is 2.55. The Kier molecular flexibility index (Phi) is 5.52. The number of ketones is 1. The Bertz CT molecular complexity index is 702. The SMILES string of the molecule is CCOC(=O)c1ccc(OCC(=O)c2cc(C)ccc2C)cc1. The molecular weight excluding hydrogens is 292 g/mol. The molecule has 2 aromatic rings. The molecular formula is C19H20O4. The molecule has 0 N–H and O–H groups in total. The standard InChI is InChI=1S/C19H20O4/c1-4-22-19(21)15-7-9-16(10-8-15)23-12-18(20)17-11-13(2)5-6-14(17)3/h5-11H,4,12H2,1-3H3. The molecule has 120 valence electrons. The largest absolute Gasteiger partial charge is 0.485 e. The van der Waals surface area contributed by atoms with Gasteiger partial charge in [-0.25, -0.2) is 4.79 Å². The third-order valence-corrected chi connectivity index (χ3v) is 3.43. The molecule has 4 nitrogen and oxygen atoms in total. The smallest absolute Gasteiger partial charge is 0.338 e. The van der Waals surface area contributed by atoms with Crippen molar-refractivity contribution in [2.45, 2.75) is 20.8 Å². The van der Waals surface area contributed by atoms with Gasteiger partial charge in [-0.05, 0) is 56.7 Å². The molecule has 0 unspecified atom stereocenters. The third kappa shape index (κ3) is 4.42. The maximum Gasteiger partial charge on any atom is 0.338 e. The van der Waals surface area contributed by atoms with E-state index in [2.05, 4.69) is 0 Å². The topological polar surface area (TPSA) is 52.6 Å². The molecule has 0 aromatic heterocycles. The normalized spacial score (nSPS) is 10.2. The molecule has 0 aliphatic carbocycles. The number of hydrogen-bond donors (Lipinski definition) is 0. The molecule has 0 saturated heterocycles. The zero-order chi connectivity index (χ0) is 16.8. The van der Waals surface area contributed by atoms with Crippen molar-refractivity contribution in [1.82, 2.24) is 0 Å². The van der Waals surface area contributed by atoms with Gasteiger partial charge in [-0.15, -0.1) is 0 Å². The molecule has 4 heteroatoms. The van der Waals surface area contributed by atoms with Crippen molar-refractivity contribution >= 4 is 11.8 Å². The predicted molar refractivity (Wildman–Crippen MR) is 88.1 cm³/mol. The maximum absolute atomic E-state index is 12.3. The fourth-order valence-corrected chi connectivity index (χ4v) is 2.16. The van der Waals surface area contributed by atoms with Crippen LogP contribution in [-0.4, -0.2) is 25.0 Å². The number of rotatable bonds is 6. The number of carbonyl (C=O) groups is 2. The van der Waals surface area contributed by atoms with Gasteiger partial charge in [-0.1, -0.05) is 17.7 Å². The minimum atomic E-state index is -0.370. The van der Waals surface area contributed by atoms with Gasteiger partial charge in [0.05, 0.1) is 12.2 Å². The second-order valence-corrected chi connectivity index (χ2v) is 5.28. The zero-order valence-corrected chi connectivity index (χ0v) is 13.6. The van der Waals surface area contributed by atoms with E-state index < -0.39 is 0 Å². The number of aryl methyl sites for hydroxylation is 2. The molecule has 2 aromatic carbocycles. The minimum Gasteiger partial charge on any atom is -0.485 e. The van der Waals surface area contributed by atoms with Gasteiger partial charge in [0.25, 0.3) is 0 Å². The number of esters is 1. The molecule has 0 heterocycles. The van der Waals surface area contributed by atoms with Crippen LogP contribution < -0.4 is 4.74 Å². The molecule has 2 rings (SSSR count). The Balaban J connectivity index is 1.99. The Labute approximate surface area is 136 Å². The summed E-state index contributed by atoms with van der Waals surface area (Å²) in [4.78, 5) is 23.8. The second-order valence-electron chi connectivity index (χ2n) is 5.28. The van der Waals surface area contributed by atoms with E-state index in [1.54, 1.807) is 31.2 Å². The number of Topliss-reactive ketones (excluding diaryl/α,β-unsaturated/α-hetero) is 1. The fourth-order valence-electron chi connectivity index (χ4n) is 2.16. The van der Waals surface area contributed by atoms with Gasteiger partial charge in [0.15, 0.2) is 12.4 Å². The van der Waals surface area contributed by atoms with Crippen molar-refractivity contribution in [2.24, 2.45) is 0 Å². The summed E-state index contributed by atoms with van der Waals surface area (Å²) in [5.41, 5.74) is 3.10. The van der Waals surface area contributed by atoms with Crippen LogP contribution in [0.15, 0.2) is 42.5 Å². The molecule has 0 radical (unpaired) electrons. The van der Waals surface area contributed by atoms with Crippen LogP contribution in [0.25, 0.3) is 0 Å². The van der Waals surface area contributed by atoms with Crippen LogP contribution in [0.5, 0.6) is 5.75 Å². The summed E-state index contributed by atoms with van der Waals surface area (Å²) in [6, 6.07) is 12.3. The molecule has 0 aliphatic heterocycles. The lowest BCUT2D eigenvalue weighted by Crippen LogP contribution is -2.13. The fraction of sp³-hybridized carbons (Fsp3) is 0.263. The molecule has 0 bridgehead atoms. The van der Waals surface area contributed by atoms with Gasteiger partial charge >= 0.3 is 5.97 Å². The van der Waals surface area contributed by atoms with Crippen LogP contribution >= 0.6 is 0 Å². The molecule has 0 atom stereocenters. The summed E-state index contributed by atoms with van der Waals surface area (Å²) in [5.74, 6) is 0.0999. The average molecular weight is 312 g/mol. The van der Waals surface area contributed by atoms with Gasteiger partial charge in [-0.3, -0.25) is 4.79 Å². The molecule has 0 saturated carbocycles. The van der Waals surface area contributed by atoms with E-state index in [1.165, 1.54) is 0 Å². The first-order valence-electron chi connectivity index (χ1n) is 7.51. The Morgan fingerprint density at radius 1 is 1.00 bits per heavy atom. The van der Waals surface area contributed by atoms with E-state index in [9.17, 15) is 9.59 Å². The van der Waals surface area contributed by atoms with Crippen molar-refractivity contribution in [3.63, 3.8) is 0 Å². The van der Waals surface area contributed by atoms with Crippen LogP contribution in [0.1, 0.15) is 38.8 Å². The van der Waals surface area contributed by atoms with Crippen molar-refractivity contribution in [3.05, 3.63) is 64.7 Å². The lowest BCUT2D eigenvalue weighted by molar-refractivity contribution is 0.0526. The Morgan fingerprint density at radius 3 is 2.35 bits per heavy atom. The first-order valence-corrected chi connectivity index (χ1v) is 7.51. The van der Waals surface area contributed by atoms with Gasteiger partial charge in [0.1, 0.15) is 5.75 Å². The molecule has 0 aliphatic rings. The minimum absolute atomic E-state index is 0.0386. The summed E-state index contributed by atoms with van der Waals surface area (Å²) in [7, 11) is 0. The highest BCUT2D eigenvalue weighted by molar-refractivity contribution is 5.98. The monoisotopic (exact) mass is 312 g/mol. The first-order chi connectivity index (χ1) is 11.0. The first kappa shape index (κ1) is 16.7. The van der Waals surface area contributed by atoms with Crippen molar-refractivity contribution in [1.29, 1.82) is 0 Å². The summed E-state index contributed by atoms with van der Waals surface area (Å²) in [6.45, 7) is 5.91. The Morgan fingerprint density at radius 2 is 1.70 bits per heavy atom. The van der Waals surface area contributed by atoms with Crippen molar-refractivity contribution < 1.29 is 19.1 Å². The summed E-state index contributed by atoms with van der Waals surface area (Å²) in [5, 5.41) is 0. The second kappa shape index (κ2) is 7.58. The van der Waals surface area contributed by atoms with E-state index in [4.69, 9.17) is 9.47 Å². The molecule has 23 heavy (non-hydrogen) atoms. The van der Waals surface area contributed by atoms with E-state index in [0.717, 1.165) is 11.1 Å². The maximum atomic E-state index is 12.3. The van der Waals surface area contributed by atoms with Crippen LogP contribution in [0, 0.1) is 13.8 Å². The third-order valence-electron chi connectivity index (χ3n) is 3.43. The number of hydrogen-bond acceptors (Lipinski definition) is 4. The van der Waals surface area contributed by atoms with Crippen molar-refractivity contribution in [3.8, 4) is 5.75 Å². The van der Waals surface area contributed by atoms with E-state index in [1.807, 2.05) is 32.0 Å². The highest BCUT2D eigenvalue weighted by atomic mass is 16.5. The van der Waals surface area contributed by atoms with Crippen LogP contribution in [0.3, 0.4) is 0 Å². The molecule has 0 fully saturated rings. The molecule has 0 spiro atoms.